The van der Waals surface area contributed by atoms with Gasteiger partial charge in [-0.2, -0.15) is 8.42 Å². The van der Waals surface area contributed by atoms with Crippen LogP contribution >= 0.6 is 0 Å². The van der Waals surface area contributed by atoms with Crippen molar-refractivity contribution in [3.63, 3.8) is 0 Å². The van der Waals surface area contributed by atoms with Crippen molar-refractivity contribution >= 4 is 21.2 Å². The molecule has 7 heteroatoms. The fourth-order valence-electron chi connectivity index (χ4n) is 3.50. The summed E-state index contributed by atoms with van der Waals surface area (Å²) >= 11 is 0. The minimum absolute atomic E-state index is 0.0778. The number of aliphatic carboxylic acids is 1. The quantitative estimate of drug-likeness (QED) is 0.162. The van der Waals surface area contributed by atoms with Crippen LogP contribution in [0.25, 0.3) is 0 Å². The van der Waals surface area contributed by atoms with Gasteiger partial charge in [-0.3, -0.25) is 14.1 Å². The van der Waals surface area contributed by atoms with Crippen LogP contribution in [-0.2, 0) is 19.7 Å². The second-order valence-electron chi connectivity index (χ2n) is 8.10. The molecule has 0 spiro atoms. The number of rotatable bonds is 21. The molecule has 0 saturated heterocycles. The van der Waals surface area contributed by atoms with Gasteiger partial charge in [-0.1, -0.05) is 103 Å². The normalized spacial score (nSPS) is 11.6. The molecule has 0 aliphatic carbocycles. The van der Waals surface area contributed by atoms with Crippen LogP contribution in [-0.4, -0.2) is 29.2 Å². The highest BCUT2D eigenvalue weighted by molar-refractivity contribution is 8.01. The smallest absolute Gasteiger partial charge is 0.328 e. The molecule has 6 nitrogen and oxygen atoms in total. The van der Waals surface area contributed by atoms with Crippen LogP contribution in [0.15, 0.2) is 0 Å². The summed E-state index contributed by atoms with van der Waals surface area (Å²) < 4.78 is 29.7. The van der Waals surface area contributed by atoms with Crippen LogP contribution in [0, 0.1) is 0 Å². The highest BCUT2D eigenvalue weighted by Gasteiger charge is 2.16. The van der Waals surface area contributed by atoms with Gasteiger partial charge in [-0.15, -0.1) is 0 Å². The Hall–Kier alpha value is -0.950. The second-order valence-corrected chi connectivity index (χ2v) is 9.51. The second kappa shape index (κ2) is 19.0. The van der Waals surface area contributed by atoms with E-state index in [9.17, 15) is 18.0 Å². The third-order valence-corrected chi connectivity index (χ3v) is 6.09. The van der Waals surface area contributed by atoms with Crippen LogP contribution in [0.1, 0.15) is 128 Å². The predicted molar refractivity (Wildman–Crippen MR) is 117 cm³/mol. The van der Waals surface area contributed by atoms with E-state index in [4.69, 9.17) is 9.66 Å². The first-order chi connectivity index (χ1) is 13.8. The van der Waals surface area contributed by atoms with Crippen LogP contribution in [0.5, 0.6) is 0 Å². The SMILES string of the molecule is O=C(O)CCCCCCCCCCCCCCCCCCCCC(=O)S(=O)(=O)O. The molecule has 0 aromatic carbocycles. The van der Waals surface area contributed by atoms with Gasteiger partial charge < -0.3 is 5.11 Å². The molecule has 0 aliphatic rings. The van der Waals surface area contributed by atoms with Crippen molar-refractivity contribution in [2.75, 3.05) is 0 Å². The van der Waals surface area contributed by atoms with Gasteiger partial charge in [-0.25, -0.2) is 0 Å². The highest BCUT2D eigenvalue weighted by Crippen LogP contribution is 2.15. The minimum atomic E-state index is -4.48. The maximum Gasteiger partial charge on any atom is 0.328 e. The molecule has 0 aliphatic heterocycles. The van der Waals surface area contributed by atoms with E-state index in [1.165, 1.54) is 70.6 Å². The van der Waals surface area contributed by atoms with Gasteiger partial charge in [0.25, 0.3) is 5.12 Å². The number of carbonyl (C=O) groups is 2. The third kappa shape index (κ3) is 21.6. The van der Waals surface area contributed by atoms with Crippen LogP contribution in [0.4, 0.5) is 0 Å². The number of carboxylic acids is 1. The highest BCUT2D eigenvalue weighted by atomic mass is 32.2. The first-order valence-electron chi connectivity index (χ1n) is 11.6. The first-order valence-corrected chi connectivity index (χ1v) is 13.0. The maximum absolute atomic E-state index is 11.0. The van der Waals surface area contributed by atoms with Crippen molar-refractivity contribution < 1.29 is 27.7 Å². The Labute approximate surface area is 177 Å². The largest absolute Gasteiger partial charge is 0.481 e. The van der Waals surface area contributed by atoms with Crippen molar-refractivity contribution in [2.24, 2.45) is 0 Å². The molecule has 0 bridgehead atoms. The summed E-state index contributed by atoms with van der Waals surface area (Å²) in [6, 6.07) is 0. The summed E-state index contributed by atoms with van der Waals surface area (Å²) in [7, 11) is -4.48. The Morgan fingerprint density at radius 3 is 0.966 bits per heavy atom. The monoisotopic (exact) mass is 434 g/mol. The molecule has 0 atom stereocenters. The van der Waals surface area contributed by atoms with Crippen molar-refractivity contribution in [1.29, 1.82) is 0 Å². The number of carbonyl (C=O) groups excluding carboxylic acids is 1. The molecule has 2 N–H and O–H groups in total. The molecule has 0 heterocycles. The Bertz CT molecular complexity index is 515. The summed E-state index contributed by atoms with van der Waals surface area (Å²) in [5.74, 6) is -0.685. The molecule has 0 radical (unpaired) electrons. The van der Waals surface area contributed by atoms with Crippen LogP contribution in [0.2, 0.25) is 0 Å². The van der Waals surface area contributed by atoms with Crippen LogP contribution < -0.4 is 0 Å². The van der Waals surface area contributed by atoms with E-state index in [2.05, 4.69) is 0 Å². The minimum Gasteiger partial charge on any atom is -0.481 e. The molecular formula is C22H42O6S. The summed E-state index contributed by atoms with van der Waals surface area (Å²) in [5, 5.41) is 7.50. The Balaban J connectivity index is 3.14. The van der Waals surface area contributed by atoms with Gasteiger partial charge in [0.1, 0.15) is 0 Å². The zero-order valence-electron chi connectivity index (χ0n) is 18.1. The molecule has 0 unspecified atom stereocenters. The van der Waals surface area contributed by atoms with Crippen molar-refractivity contribution in [1.82, 2.24) is 0 Å². The van der Waals surface area contributed by atoms with Gasteiger partial charge >= 0.3 is 16.1 Å². The van der Waals surface area contributed by atoms with E-state index in [0.29, 0.717) is 12.8 Å². The Morgan fingerprint density at radius 2 is 0.724 bits per heavy atom. The molecule has 29 heavy (non-hydrogen) atoms. The number of hydrogen-bond donors (Lipinski definition) is 2. The topological polar surface area (TPSA) is 109 Å². The standard InChI is InChI=1S/C22H42O6S/c23-21(24)19-17-15-13-11-9-7-5-3-1-2-4-6-8-10-12-14-16-18-20-22(25)29(26,27)28/h1-20H2,(H,23,24)(H,26,27,28). The van der Waals surface area contributed by atoms with Crippen LogP contribution in [0.3, 0.4) is 0 Å². The van der Waals surface area contributed by atoms with E-state index in [1.807, 2.05) is 0 Å². The average Bonchev–Trinajstić information content (AvgIpc) is 2.65. The predicted octanol–water partition coefficient (Wildman–Crippen LogP) is 6.29. The summed E-state index contributed by atoms with van der Waals surface area (Å²) in [6.07, 6.45) is 20.8. The van der Waals surface area contributed by atoms with Gasteiger partial charge in [-0.05, 0) is 12.8 Å². The fraction of sp³-hybridized carbons (Fsp3) is 0.909. The lowest BCUT2D eigenvalue weighted by molar-refractivity contribution is -0.137. The molecular weight excluding hydrogens is 392 g/mol. The lowest BCUT2D eigenvalue weighted by Crippen LogP contribution is -2.12. The summed E-state index contributed by atoms with van der Waals surface area (Å²) in [5.41, 5.74) is 0. The Morgan fingerprint density at radius 1 is 0.483 bits per heavy atom. The first kappa shape index (κ1) is 28.1. The molecule has 0 aromatic rings. The third-order valence-electron chi connectivity index (χ3n) is 5.31. The van der Waals surface area contributed by atoms with E-state index in [0.717, 1.165) is 38.5 Å². The van der Waals surface area contributed by atoms with E-state index < -0.39 is 21.2 Å². The lowest BCUT2D eigenvalue weighted by Gasteiger charge is -2.04. The van der Waals surface area contributed by atoms with Gasteiger partial charge in [0.15, 0.2) is 0 Å². The number of hydrogen-bond acceptors (Lipinski definition) is 4. The molecule has 0 saturated carbocycles. The average molecular weight is 435 g/mol. The Kier molecular flexibility index (Phi) is 18.4. The molecule has 0 fully saturated rings. The van der Waals surface area contributed by atoms with E-state index in [1.54, 1.807) is 0 Å². The fourth-order valence-corrected chi connectivity index (χ4v) is 3.91. The summed E-state index contributed by atoms with van der Waals surface area (Å²) in [4.78, 5) is 21.4. The zero-order valence-corrected chi connectivity index (χ0v) is 18.9. The summed E-state index contributed by atoms with van der Waals surface area (Å²) in [6.45, 7) is 0. The van der Waals surface area contributed by atoms with Crippen molar-refractivity contribution in [2.45, 2.75) is 128 Å². The zero-order chi connectivity index (χ0) is 21.8. The van der Waals surface area contributed by atoms with Gasteiger partial charge in [0.2, 0.25) is 0 Å². The van der Waals surface area contributed by atoms with E-state index in [-0.39, 0.29) is 6.42 Å². The van der Waals surface area contributed by atoms with Crippen molar-refractivity contribution in [3.05, 3.63) is 0 Å². The molecule has 0 aromatic heterocycles. The van der Waals surface area contributed by atoms with Crippen molar-refractivity contribution in [3.8, 4) is 0 Å². The van der Waals surface area contributed by atoms with Gasteiger partial charge in [0.05, 0.1) is 0 Å². The van der Waals surface area contributed by atoms with Gasteiger partial charge in [0, 0.05) is 12.8 Å². The molecule has 0 rings (SSSR count). The maximum atomic E-state index is 11.0. The molecule has 0 amide bonds. The number of carboxylic acid groups (broad SMARTS) is 1. The lowest BCUT2D eigenvalue weighted by atomic mass is 10.0. The molecule has 172 valence electrons. The van der Waals surface area contributed by atoms with E-state index >= 15 is 0 Å². The number of unbranched alkanes of at least 4 members (excludes halogenated alkanes) is 17.